The highest BCUT2D eigenvalue weighted by atomic mass is 28.3. The summed E-state index contributed by atoms with van der Waals surface area (Å²) in [5.74, 6) is 0. The first-order valence-electron chi connectivity index (χ1n) is 8.24. The third kappa shape index (κ3) is 13.9. The maximum absolute atomic E-state index is 4.56. The minimum absolute atomic E-state index is 1.04. The van der Waals surface area contributed by atoms with Gasteiger partial charge in [0, 0.05) is 6.54 Å². The van der Waals surface area contributed by atoms with E-state index in [1.807, 2.05) is 0 Å². The van der Waals surface area contributed by atoms with Crippen LogP contribution in [0, 0.1) is 0 Å². The van der Waals surface area contributed by atoms with Crippen LogP contribution >= 0.6 is 0 Å². The monoisotopic (exact) mass is 281 g/mol. The van der Waals surface area contributed by atoms with Crippen LogP contribution in [0.15, 0.2) is 16.8 Å². The molecular formula is C17H35NSi. The summed E-state index contributed by atoms with van der Waals surface area (Å²) >= 11 is 0. The van der Waals surface area contributed by atoms with Gasteiger partial charge in [0.1, 0.15) is 0 Å². The Morgan fingerprint density at radius 3 is 2.05 bits per heavy atom. The minimum Gasteiger partial charge on any atom is -0.298 e. The van der Waals surface area contributed by atoms with Crippen LogP contribution in [0.4, 0.5) is 0 Å². The Kier molecular flexibility index (Phi) is 12.4. The van der Waals surface area contributed by atoms with Gasteiger partial charge in [0.25, 0.3) is 0 Å². The van der Waals surface area contributed by atoms with Gasteiger partial charge in [0.15, 0.2) is 0 Å². The lowest BCUT2D eigenvalue weighted by Gasteiger charge is -2.13. The van der Waals surface area contributed by atoms with Crippen molar-refractivity contribution in [1.29, 1.82) is 0 Å². The van der Waals surface area contributed by atoms with Gasteiger partial charge in [-0.05, 0) is 25.6 Å². The Labute approximate surface area is 122 Å². The van der Waals surface area contributed by atoms with Crippen LogP contribution in [-0.4, -0.2) is 20.8 Å². The predicted molar refractivity (Wildman–Crippen MR) is 93.1 cm³/mol. The highest BCUT2D eigenvalue weighted by Crippen LogP contribution is 2.10. The Hall–Kier alpha value is -0.373. The van der Waals surface area contributed by atoms with Crippen LogP contribution in [0.3, 0.4) is 0 Å². The Bertz CT molecular complexity index is 244. The molecule has 0 rings (SSSR count). The topological polar surface area (TPSA) is 12.4 Å². The second-order valence-electron chi connectivity index (χ2n) is 6.26. The summed E-state index contributed by atoms with van der Waals surface area (Å²) in [6.07, 6.45) is 15.4. The zero-order chi connectivity index (χ0) is 14.4. The molecule has 1 nitrogen and oxygen atoms in total. The van der Waals surface area contributed by atoms with Gasteiger partial charge in [-0.15, -0.1) is 0 Å². The number of hydrogen-bond acceptors (Lipinski definition) is 1. The minimum atomic E-state index is -1.13. The number of hydrogen-bond donors (Lipinski definition) is 0. The maximum Gasteiger partial charge on any atom is 0.0765 e. The molecule has 112 valence electrons. The lowest BCUT2D eigenvalue weighted by molar-refractivity contribution is 0.578. The van der Waals surface area contributed by atoms with E-state index in [9.17, 15) is 0 Å². The van der Waals surface area contributed by atoms with Crippen molar-refractivity contribution >= 4 is 14.3 Å². The molecule has 19 heavy (non-hydrogen) atoms. The Morgan fingerprint density at radius 1 is 0.895 bits per heavy atom. The number of unbranched alkanes of at least 4 members (excludes halogenated alkanes) is 7. The normalized spacial score (nSPS) is 12.8. The van der Waals surface area contributed by atoms with Gasteiger partial charge in [0.05, 0.1) is 8.07 Å². The number of rotatable bonds is 12. The molecule has 0 bridgehead atoms. The summed E-state index contributed by atoms with van der Waals surface area (Å²) in [6.45, 7) is 10.2. The van der Waals surface area contributed by atoms with Gasteiger partial charge in [-0.1, -0.05) is 76.7 Å². The standard InChI is InChI=1S/C17H35NSi/c1-5-7-8-9-10-11-12-13-14-18-15-17-19(3,4)16-6-2/h6,15-16H,5,7-14,17H2,1-4H3. The second kappa shape index (κ2) is 12.7. The molecule has 0 fully saturated rings. The van der Waals surface area contributed by atoms with Crippen LogP contribution in [0.1, 0.15) is 65.2 Å². The molecule has 0 aromatic carbocycles. The molecule has 2 heteroatoms. The summed E-state index contributed by atoms with van der Waals surface area (Å²) in [7, 11) is -1.13. The molecule has 0 aromatic rings. The molecule has 0 saturated carbocycles. The average molecular weight is 282 g/mol. The smallest absolute Gasteiger partial charge is 0.0765 e. The zero-order valence-corrected chi connectivity index (χ0v) is 14.8. The molecule has 0 aliphatic carbocycles. The SMILES string of the molecule is CC=C[Si](C)(C)CC=NCCCCCCCCCC. The number of aliphatic imine (C=N–C) groups is 1. The number of nitrogens with zero attached hydrogens (tertiary/aromatic N) is 1. The van der Waals surface area contributed by atoms with E-state index < -0.39 is 8.07 Å². The molecule has 0 spiro atoms. The van der Waals surface area contributed by atoms with Crippen LogP contribution in [-0.2, 0) is 0 Å². The van der Waals surface area contributed by atoms with Crippen molar-refractivity contribution in [2.75, 3.05) is 6.54 Å². The van der Waals surface area contributed by atoms with Crippen molar-refractivity contribution in [3.63, 3.8) is 0 Å². The van der Waals surface area contributed by atoms with Crippen molar-refractivity contribution < 1.29 is 0 Å². The van der Waals surface area contributed by atoms with Gasteiger partial charge in [0.2, 0.25) is 0 Å². The van der Waals surface area contributed by atoms with E-state index >= 15 is 0 Å². The summed E-state index contributed by atoms with van der Waals surface area (Å²) in [5, 5.41) is 0. The summed E-state index contributed by atoms with van der Waals surface area (Å²) in [4.78, 5) is 4.56. The van der Waals surface area contributed by atoms with Crippen LogP contribution in [0.2, 0.25) is 19.1 Å². The van der Waals surface area contributed by atoms with E-state index in [4.69, 9.17) is 0 Å². The van der Waals surface area contributed by atoms with E-state index in [1.54, 1.807) is 0 Å². The quantitative estimate of drug-likeness (QED) is 0.235. The Morgan fingerprint density at radius 2 is 1.47 bits per heavy atom. The van der Waals surface area contributed by atoms with Gasteiger partial charge < -0.3 is 0 Å². The molecule has 0 unspecified atom stereocenters. The molecule has 0 heterocycles. The molecular weight excluding hydrogens is 246 g/mol. The molecule has 0 atom stereocenters. The number of allylic oxidation sites excluding steroid dienone is 1. The highest BCUT2D eigenvalue weighted by Gasteiger charge is 2.13. The van der Waals surface area contributed by atoms with Crippen LogP contribution in [0.5, 0.6) is 0 Å². The van der Waals surface area contributed by atoms with Crippen LogP contribution in [0.25, 0.3) is 0 Å². The second-order valence-corrected chi connectivity index (χ2v) is 11.0. The molecule has 0 aliphatic rings. The first kappa shape index (κ1) is 18.6. The van der Waals surface area contributed by atoms with Crippen molar-refractivity contribution in [3.05, 3.63) is 11.8 Å². The fraction of sp³-hybridized carbons (Fsp3) is 0.824. The summed E-state index contributed by atoms with van der Waals surface area (Å²) < 4.78 is 0. The van der Waals surface area contributed by atoms with E-state index in [-0.39, 0.29) is 0 Å². The third-order valence-electron chi connectivity index (χ3n) is 3.51. The van der Waals surface area contributed by atoms with E-state index in [0.717, 1.165) is 6.54 Å². The highest BCUT2D eigenvalue weighted by molar-refractivity contribution is 6.84. The lowest BCUT2D eigenvalue weighted by atomic mass is 10.1. The van der Waals surface area contributed by atoms with Gasteiger partial charge in [-0.2, -0.15) is 0 Å². The molecule has 0 aliphatic heterocycles. The summed E-state index contributed by atoms with van der Waals surface area (Å²) in [5.41, 5.74) is 2.40. The Balaban J connectivity index is 3.35. The first-order valence-corrected chi connectivity index (χ1v) is 11.5. The lowest BCUT2D eigenvalue weighted by Crippen LogP contribution is -2.22. The molecule has 0 aromatic heterocycles. The molecule has 0 radical (unpaired) electrons. The average Bonchev–Trinajstić information content (AvgIpc) is 2.36. The van der Waals surface area contributed by atoms with Crippen molar-refractivity contribution in [1.82, 2.24) is 0 Å². The van der Waals surface area contributed by atoms with Crippen molar-refractivity contribution in [3.8, 4) is 0 Å². The fourth-order valence-corrected chi connectivity index (χ4v) is 3.89. The molecule has 0 saturated heterocycles. The van der Waals surface area contributed by atoms with Gasteiger partial charge in [-0.25, -0.2) is 0 Å². The van der Waals surface area contributed by atoms with E-state index in [1.165, 1.54) is 57.4 Å². The summed E-state index contributed by atoms with van der Waals surface area (Å²) in [6, 6.07) is 1.19. The maximum atomic E-state index is 4.56. The van der Waals surface area contributed by atoms with E-state index in [2.05, 4.69) is 49.9 Å². The largest absolute Gasteiger partial charge is 0.298 e. The van der Waals surface area contributed by atoms with E-state index in [0.29, 0.717) is 0 Å². The van der Waals surface area contributed by atoms with Crippen molar-refractivity contribution in [2.24, 2.45) is 4.99 Å². The predicted octanol–water partition coefficient (Wildman–Crippen LogP) is 6.02. The van der Waals surface area contributed by atoms with Gasteiger partial charge >= 0.3 is 0 Å². The first-order chi connectivity index (χ1) is 9.12. The zero-order valence-electron chi connectivity index (χ0n) is 13.8. The van der Waals surface area contributed by atoms with Crippen LogP contribution < -0.4 is 0 Å². The fourth-order valence-electron chi connectivity index (χ4n) is 2.25. The third-order valence-corrected chi connectivity index (χ3v) is 5.98. The molecule has 0 N–H and O–H groups in total. The van der Waals surface area contributed by atoms with Gasteiger partial charge in [-0.3, -0.25) is 4.99 Å². The molecule has 0 amide bonds. The van der Waals surface area contributed by atoms with Crippen molar-refractivity contribution in [2.45, 2.75) is 84.4 Å².